The van der Waals surface area contributed by atoms with Gasteiger partial charge in [0.25, 0.3) is 0 Å². The van der Waals surface area contributed by atoms with Crippen LogP contribution in [0.25, 0.3) is 0 Å². The van der Waals surface area contributed by atoms with Gasteiger partial charge in [-0.15, -0.1) is 0 Å². The van der Waals surface area contributed by atoms with E-state index in [9.17, 15) is 0 Å². The van der Waals surface area contributed by atoms with Gasteiger partial charge in [0.1, 0.15) is 7.11 Å². The van der Waals surface area contributed by atoms with Crippen molar-refractivity contribution in [2.24, 2.45) is 16.8 Å². The Morgan fingerprint density at radius 1 is 1.29 bits per heavy atom. The molecule has 2 N–H and O–H groups in total. The number of nitrogens with two attached hydrogens (primary N) is 1. The topological polar surface area (TPSA) is 47.6 Å². The lowest BCUT2D eigenvalue weighted by atomic mass is 9.96. The summed E-state index contributed by atoms with van der Waals surface area (Å²) in [5, 5.41) is 3.90. The van der Waals surface area contributed by atoms with Crippen molar-refractivity contribution in [1.82, 2.24) is 0 Å². The largest absolute Gasteiger partial charge is 0.399 e. The zero-order chi connectivity index (χ0) is 12.8. The molecule has 94 valence electrons. The third kappa shape index (κ3) is 4.19. The Labute approximate surface area is 104 Å². The lowest BCUT2D eigenvalue weighted by molar-refractivity contribution is 0.213. The van der Waals surface area contributed by atoms with Gasteiger partial charge in [0.15, 0.2) is 0 Å². The highest BCUT2D eigenvalue weighted by molar-refractivity contribution is 5.98. The van der Waals surface area contributed by atoms with Crippen LogP contribution in [0.4, 0.5) is 0 Å². The third-order valence-electron chi connectivity index (χ3n) is 2.71. The maximum atomic E-state index is 6.13. The summed E-state index contributed by atoms with van der Waals surface area (Å²) in [6.45, 7) is 6.29. The first kappa shape index (κ1) is 13.7. The average Bonchev–Trinajstić information content (AvgIpc) is 2.28. The molecule has 3 heteroatoms. The number of oxime groups is 1. The van der Waals surface area contributed by atoms with Crippen LogP contribution in [-0.2, 0) is 4.84 Å². The van der Waals surface area contributed by atoms with Gasteiger partial charge < -0.3 is 10.6 Å². The summed E-state index contributed by atoms with van der Waals surface area (Å²) in [6, 6.07) is 8.32. The molecule has 1 rings (SSSR count). The molecule has 0 bridgehead atoms. The second-order valence-electron chi connectivity index (χ2n) is 4.72. The van der Waals surface area contributed by atoms with Crippen LogP contribution in [0.15, 0.2) is 29.4 Å². The second-order valence-corrected chi connectivity index (χ2v) is 4.72. The van der Waals surface area contributed by atoms with Crippen LogP contribution in [0.1, 0.15) is 44.4 Å². The molecule has 0 fully saturated rings. The van der Waals surface area contributed by atoms with E-state index in [0.29, 0.717) is 5.92 Å². The lowest BCUT2D eigenvalue weighted by Gasteiger charge is -2.14. The van der Waals surface area contributed by atoms with Crippen molar-refractivity contribution in [3.63, 3.8) is 0 Å². The Bertz CT molecular complexity index is 368. The Kier molecular flexibility index (Phi) is 5.16. The molecule has 1 unspecified atom stereocenters. The molecule has 0 heterocycles. The normalized spacial score (nSPS) is 13.9. The lowest BCUT2D eigenvalue weighted by Crippen LogP contribution is -2.13. The van der Waals surface area contributed by atoms with E-state index in [-0.39, 0.29) is 6.04 Å². The molecule has 0 spiro atoms. The summed E-state index contributed by atoms with van der Waals surface area (Å²) in [4.78, 5) is 4.75. The van der Waals surface area contributed by atoms with Gasteiger partial charge in [0.05, 0.1) is 5.71 Å². The number of hydrogen-bond donors (Lipinski definition) is 1. The summed E-state index contributed by atoms with van der Waals surface area (Å²) in [5.74, 6) is 0.612. The third-order valence-corrected chi connectivity index (χ3v) is 2.71. The molecule has 0 aliphatic heterocycles. The fourth-order valence-electron chi connectivity index (χ4n) is 1.81. The molecule has 0 saturated carbocycles. The van der Waals surface area contributed by atoms with Crippen LogP contribution in [-0.4, -0.2) is 12.8 Å². The Balaban J connectivity index is 2.77. The number of nitrogens with zero attached hydrogens (tertiary/aromatic N) is 1. The average molecular weight is 234 g/mol. The number of benzene rings is 1. The minimum atomic E-state index is 0.115. The summed E-state index contributed by atoms with van der Waals surface area (Å²) in [7, 11) is 1.55. The van der Waals surface area contributed by atoms with Crippen LogP contribution in [0.3, 0.4) is 0 Å². The zero-order valence-corrected chi connectivity index (χ0v) is 11.1. The molecular formula is C14H22N2O. The van der Waals surface area contributed by atoms with Crippen LogP contribution in [0.2, 0.25) is 0 Å². The summed E-state index contributed by atoms with van der Waals surface area (Å²) >= 11 is 0. The first-order chi connectivity index (χ1) is 8.04. The number of hydrogen-bond acceptors (Lipinski definition) is 3. The smallest absolute Gasteiger partial charge is 0.106 e. The van der Waals surface area contributed by atoms with Gasteiger partial charge in [-0.05, 0) is 30.4 Å². The van der Waals surface area contributed by atoms with Gasteiger partial charge in [-0.2, -0.15) is 0 Å². The van der Waals surface area contributed by atoms with E-state index >= 15 is 0 Å². The highest BCUT2D eigenvalue weighted by atomic mass is 16.6. The first-order valence-electron chi connectivity index (χ1n) is 5.98. The summed E-state index contributed by atoms with van der Waals surface area (Å²) < 4.78 is 0. The fraction of sp³-hybridized carbons (Fsp3) is 0.500. The molecule has 3 nitrogen and oxygen atoms in total. The summed E-state index contributed by atoms with van der Waals surface area (Å²) in [5.41, 5.74) is 9.23. The first-order valence-corrected chi connectivity index (χ1v) is 5.98. The second kappa shape index (κ2) is 6.40. The monoisotopic (exact) mass is 234 g/mol. The highest BCUT2D eigenvalue weighted by Crippen LogP contribution is 2.19. The molecule has 0 aromatic heterocycles. The van der Waals surface area contributed by atoms with E-state index in [4.69, 9.17) is 10.6 Å². The van der Waals surface area contributed by atoms with E-state index in [1.807, 2.05) is 19.1 Å². The van der Waals surface area contributed by atoms with Crippen molar-refractivity contribution < 1.29 is 4.84 Å². The van der Waals surface area contributed by atoms with Crippen molar-refractivity contribution >= 4 is 5.71 Å². The maximum absolute atomic E-state index is 6.13. The van der Waals surface area contributed by atoms with Gasteiger partial charge in [0, 0.05) is 6.04 Å². The molecule has 0 amide bonds. The zero-order valence-electron chi connectivity index (χ0n) is 11.1. The minimum absolute atomic E-state index is 0.115. The van der Waals surface area contributed by atoms with Crippen molar-refractivity contribution in [2.75, 3.05) is 7.11 Å². The predicted octanol–water partition coefficient (Wildman–Crippen LogP) is 3.10. The summed E-state index contributed by atoms with van der Waals surface area (Å²) in [6.07, 6.45) is 1.00. The van der Waals surface area contributed by atoms with Crippen LogP contribution < -0.4 is 5.73 Å². The van der Waals surface area contributed by atoms with E-state index < -0.39 is 0 Å². The van der Waals surface area contributed by atoms with Crippen molar-refractivity contribution in [2.45, 2.75) is 33.2 Å². The van der Waals surface area contributed by atoms with E-state index in [0.717, 1.165) is 17.7 Å². The van der Waals surface area contributed by atoms with E-state index in [1.54, 1.807) is 7.11 Å². The van der Waals surface area contributed by atoms with Crippen molar-refractivity contribution in [3.05, 3.63) is 35.4 Å². The Morgan fingerprint density at radius 3 is 2.35 bits per heavy atom. The van der Waals surface area contributed by atoms with Gasteiger partial charge in [-0.3, -0.25) is 0 Å². The molecule has 0 aliphatic rings. The fourth-order valence-corrected chi connectivity index (χ4v) is 1.81. The van der Waals surface area contributed by atoms with Gasteiger partial charge in [0.2, 0.25) is 0 Å². The molecule has 1 aromatic carbocycles. The molecule has 17 heavy (non-hydrogen) atoms. The van der Waals surface area contributed by atoms with Crippen molar-refractivity contribution in [3.8, 4) is 0 Å². The molecule has 0 saturated heterocycles. The van der Waals surface area contributed by atoms with Gasteiger partial charge in [-0.25, -0.2) is 0 Å². The molecule has 1 atom stereocenters. The standard InChI is InChI=1S/C14H22N2O/c1-10(2)9-14(15)13-7-5-12(6-8-13)11(3)16-17-4/h5-8,10,14H,9,15H2,1-4H3/b16-11+. The Hall–Kier alpha value is -1.35. The predicted molar refractivity (Wildman–Crippen MR) is 72.0 cm³/mol. The Morgan fingerprint density at radius 2 is 1.88 bits per heavy atom. The van der Waals surface area contributed by atoms with E-state index in [2.05, 4.69) is 31.1 Å². The molecule has 1 aromatic rings. The molecule has 0 radical (unpaired) electrons. The maximum Gasteiger partial charge on any atom is 0.106 e. The van der Waals surface area contributed by atoms with E-state index in [1.165, 1.54) is 5.56 Å². The number of rotatable bonds is 5. The van der Waals surface area contributed by atoms with Crippen LogP contribution in [0, 0.1) is 5.92 Å². The van der Waals surface area contributed by atoms with Gasteiger partial charge >= 0.3 is 0 Å². The van der Waals surface area contributed by atoms with Crippen molar-refractivity contribution in [1.29, 1.82) is 0 Å². The van der Waals surface area contributed by atoms with Crippen LogP contribution in [0.5, 0.6) is 0 Å². The molecular weight excluding hydrogens is 212 g/mol. The quantitative estimate of drug-likeness (QED) is 0.628. The van der Waals surface area contributed by atoms with Gasteiger partial charge in [-0.1, -0.05) is 43.3 Å². The minimum Gasteiger partial charge on any atom is -0.399 e. The SMILES string of the molecule is CO/N=C(\C)c1ccc(C(N)CC(C)C)cc1. The molecule has 0 aliphatic carbocycles. The highest BCUT2D eigenvalue weighted by Gasteiger charge is 2.08. The van der Waals surface area contributed by atoms with Crippen LogP contribution >= 0.6 is 0 Å².